The normalized spacial score (nSPS) is 12.3. The molecule has 1 atom stereocenters. The van der Waals surface area contributed by atoms with Crippen molar-refractivity contribution in [3.05, 3.63) is 28.2 Å². The topological polar surface area (TPSA) is 29.1 Å². The monoisotopic (exact) mass is 273 g/mol. The van der Waals surface area contributed by atoms with Crippen molar-refractivity contribution in [1.29, 1.82) is 0 Å². The molecule has 0 aliphatic heterocycles. The third-order valence-electron chi connectivity index (χ3n) is 1.91. The number of rotatable bonds is 2. The first-order chi connectivity index (χ1) is 6.52. The molecule has 0 aliphatic rings. The minimum Gasteiger partial charge on any atom is -0.325 e. The minimum atomic E-state index is -0.298. The fourth-order valence-electron chi connectivity index (χ4n) is 0.980. The summed E-state index contributed by atoms with van der Waals surface area (Å²) in [5, 5.41) is 2.51. The highest BCUT2D eigenvalue weighted by atomic mass is 79.9. The van der Waals surface area contributed by atoms with Crippen LogP contribution in [0.5, 0.6) is 0 Å². The van der Waals surface area contributed by atoms with Gasteiger partial charge in [-0.05, 0) is 31.5 Å². The van der Waals surface area contributed by atoms with Crippen molar-refractivity contribution in [3.63, 3.8) is 0 Å². The van der Waals surface area contributed by atoms with Crippen molar-refractivity contribution in [3.8, 4) is 0 Å². The van der Waals surface area contributed by atoms with Gasteiger partial charge in [0.15, 0.2) is 0 Å². The van der Waals surface area contributed by atoms with Crippen LogP contribution in [0.25, 0.3) is 0 Å². The van der Waals surface area contributed by atoms with Gasteiger partial charge in [-0.15, -0.1) is 0 Å². The number of carbonyl (C=O) groups is 1. The number of nitrogens with one attached hydrogen (secondary N) is 1. The third-order valence-corrected chi connectivity index (χ3v) is 3.00. The van der Waals surface area contributed by atoms with Gasteiger partial charge in [0.1, 0.15) is 0 Å². The standard InChI is InChI=1S/C10H12BrNOS/c1-6-8(11)4-3-5-9(6)12-10(13)7(2)14/h3-5,7,14H,1-2H3,(H,12,13). The molecular weight excluding hydrogens is 262 g/mol. The lowest BCUT2D eigenvalue weighted by Crippen LogP contribution is -2.20. The van der Waals surface area contributed by atoms with Crippen LogP contribution in [0.1, 0.15) is 12.5 Å². The molecule has 76 valence electrons. The predicted octanol–water partition coefficient (Wildman–Crippen LogP) is 3.01. The molecule has 1 unspecified atom stereocenters. The van der Waals surface area contributed by atoms with E-state index in [1.165, 1.54) is 0 Å². The molecule has 1 amide bonds. The van der Waals surface area contributed by atoms with Gasteiger partial charge in [-0.2, -0.15) is 12.6 Å². The summed E-state index contributed by atoms with van der Waals surface area (Å²) in [5.74, 6) is -0.0884. The summed E-state index contributed by atoms with van der Waals surface area (Å²) in [6.45, 7) is 3.69. The Morgan fingerprint density at radius 2 is 2.21 bits per heavy atom. The Morgan fingerprint density at radius 1 is 1.57 bits per heavy atom. The van der Waals surface area contributed by atoms with E-state index in [0.717, 1.165) is 15.7 Å². The fraction of sp³-hybridized carbons (Fsp3) is 0.300. The van der Waals surface area contributed by atoms with Gasteiger partial charge >= 0.3 is 0 Å². The summed E-state index contributed by atoms with van der Waals surface area (Å²) in [6.07, 6.45) is 0. The number of carbonyl (C=O) groups excluding carboxylic acids is 1. The first kappa shape index (κ1) is 11.6. The lowest BCUT2D eigenvalue weighted by atomic mass is 10.2. The average molecular weight is 274 g/mol. The Labute approximate surface area is 97.6 Å². The van der Waals surface area contributed by atoms with E-state index in [1.54, 1.807) is 6.92 Å². The second kappa shape index (κ2) is 4.84. The molecule has 2 nitrogen and oxygen atoms in total. The summed E-state index contributed by atoms with van der Waals surface area (Å²) in [6, 6.07) is 5.69. The van der Waals surface area contributed by atoms with E-state index in [-0.39, 0.29) is 11.2 Å². The number of thiol groups is 1. The zero-order chi connectivity index (χ0) is 10.7. The number of anilines is 1. The van der Waals surface area contributed by atoms with E-state index in [1.807, 2.05) is 25.1 Å². The maximum Gasteiger partial charge on any atom is 0.236 e. The Balaban J connectivity index is 2.87. The first-order valence-corrected chi connectivity index (χ1v) is 5.57. The van der Waals surface area contributed by atoms with Gasteiger partial charge in [0, 0.05) is 10.2 Å². The smallest absolute Gasteiger partial charge is 0.236 e. The lowest BCUT2D eigenvalue weighted by Gasteiger charge is -2.10. The molecule has 0 bridgehead atoms. The van der Waals surface area contributed by atoms with E-state index < -0.39 is 0 Å². The van der Waals surface area contributed by atoms with Crippen LogP contribution in [0.2, 0.25) is 0 Å². The summed E-state index contributed by atoms with van der Waals surface area (Å²) in [4.78, 5) is 11.4. The molecule has 0 spiro atoms. The van der Waals surface area contributed by atoms with Crippen molar-refractivity contribution in [1.82, 2.24) is 0 Å². The minimum absolute atomic E-state index is 0.0884. The zero-order valence-electron chi connectivity index (χ0n) is 8.04. The molecule has 1 aromatic rings. The Morgan fingerprint density at radius 3 is 2.79 bits per heavy atom. The van der Waals surface area contributed by atoms with E-state index in [4.69, 9.17) is 0 Å². The second-order valence-electron chi connectivity index (χ2n) is 3.08. The highest BCUT2D eigenvalue weighted by Gasteiger charge is 2.09. The highest BCUT2D eigenvalue weighted by Crippen LogP contribution is 2.23. The molecule has 0 saturated carbocycles. The van der Waals surface area contributed by atoms with Gasteiger partial charge in [-0.3, -0.25) is 4.79 Å². The van der Waals surface area contributed by atoms with E-state index in [9.17, 15) is 4.79 Å². The van der Waals surface area contributed by atoms with E-state index in [2.05, 4.69) is 33.9 Å². The number of benzene rings is 1. The molecule has 14 heavy (non-hydrogen) atoms. The summed E-state index contributed by atoms with van der Waals surface area (Å²) >= 11 is 7.46. The average Bonchev–Trinajstić information content (AvgIpc) is 2.12. The molecule has 0 aliphatic carbocycles. The Bertz CT molecular complexity index is 352. The molecule has 1 N–H and O–H groups in total. The first-order valence-electron chi connectivity index (χ1n) is 4.26. The third kappa shape index (κ3) is 2.75. The second-order valence-corrected chi connectivity index (χ2v) is 4.71. The van der Waals surface area contributed by atoms with Crippen molar-refractivity contribution < 1.29 is 4.79 Å². The summed E-state index contributed by atoms with van der Waals surface area (Å²) < 4.78 is 0.988. The highest BCUT2D eigenvalue weighted by molar-refractivity contribution is 9.10. The largest absolute Gasteiger partial charge is 0.325 e. The van der Waals surface area contributed by atoms with Crippen LogP contribution in [-0.4, -0.2) is 11.2 Å². The number of amides is 1. The van der Waals surface area contributed by atoms with Gasteiger partial charge < -0.3 is 5.32 Å². The molecule has 4 heteroatoms. The Hall–Kier alpha value is -0.480. The molecule has 1 aromatic carbocycles. The van der Waals surface area contributed by atoms with E-state index >= 15 is 0 Å². The number of halogens is 1. The van der Waals surface area contributed by atoms with Crippen molar-refractivity contribution in [2.24, 2.45) is 0 Å². The van der Waals surface area contributed by atoms with Gasteiger partial charge in [-0.1, -0.05) is 22.0 Å². The van der Waals surface area contributed by atoms with Crippen LogP contribution in [0.4, 0.5) is 5.69 Å². The Kier molecular flexibility index (Phi) is 4.01. The van der Waals surface area contributed by atoms with Gasteiger partial charge in [0.2, 0.25) is 5.91 Å². The SMILES string of the molecule is Cc1c(Br)cccc1NC(=O)C(C)S. The molecule has 0 heterocycles. The van der Waals surface area contributed by atoms with Crippen molar-refractivity contribution in [2.75, 3.05) is 5.32 Å². The van der Waals surface area contributed by atoms with Crippen LogP contribution in [0.3, 0.4) is 0 Å². The predicted molar refractivity (Wildman–Crippen MR) is 66.0 cm³/mol. The van der Waals surface area contributed by atoms with Crippen LogP contribution < -0.4 is 5.32 Å². The maximum atomic E-state index is 11.4. The van der Waals surface area contributed by atoms with Crippen molar-refractivity contribution in [2.45, 2.75) is 19.1 Å². The van der Waals surface area contributed by atoms with Gasteiger partial charge in [0.25, 0.3) is 0 Å². The van der Waals surface area contributed by atoms with Crippen LogP contribution in [-0.2, 0) is 4.79 Å². The molecule has 0 aromatic heterocycles. The number of hydrogen-bond donors (Lipinski definition) is 2. The summed E-state index contributed by atoms with van der Waals surface area (Å²) in [7, 11) is 0. The molecule has 0 saturated heterocycles. The maximum absolute atomic E-state index is 11.4. The van der Waals surface area contributed by atoms with Crippen LogP contribution >= 0.6 is 28.6 Å². The van der Waals surface area contributed by atoms with Crippen molar-refractivity contribution >= 4 is 40.2 Å². The molecule has 1 rings (SSSR count). The molecule has 0 fully saturated rings. The van der Waals surface area contributed by atoms with Crippen LogP contribution in [0.15, 0.2) is 22.7 Å². The quantitative estimate of drug-likeness (QED) is 0.797. The van der Waals surface area contributed by atoms with Gasteiger partial charge in [-0.25, -0.2) is 0 Å². The lowest BCUT2D eigenvalue weighted by molar-refractivity contribution is -0.115. The van der Waals surface area contributed by atoms with Gasteiger partial charge in [0.05, 0.1) is 5.25 Å². The number of hydrogen-bond acceptors (Lipinski definition) is 2. The summed E-state index contributed by atoms with van der Waals surface area (Å²) in [5.41, 5.74) is 1.85. The fourth-order valence-corrected chi connectivity index (χ4v) is 1.41. The molecular formula is C10H12BrNOS. The molecule has 0 radical (unpaired) electrons. The zero-order valence-corrected chi connectivity index (χ0v) is 10.5. The van der Waals surface area contributed by atoms with E-state index in [0.29, 0.717) is 0 Å². The van der Waals surface area contributed by atoms with Crippen LogP contribution in [0, 0.1) is 6.92 Å².